The quantitative estimate of drug-likeness (QED) is 0.441. The molecule has 1 aromatic carbocycles. The minimum absolute atomic E-state index is 0.141. The number of halogens is 4. The molecule has 0 aliphatic heterocycles. The van der Waals surface area contributed by atoms with Crippen LogP contribution in [-0.4, -0.2) is 56.5 Å². The fraction of sp³-hybridized carbons (Fsp3) is 0. The van der Waals surface area contributed by atoms with Gasteiger partial charge in [0.25, 0.3) is 0 Å². The molecule has 0 nitrogen and oxygen atoms in total. The van der Waals surface area contributed by atoms with Crippen molar-refractivity contribution in [2.75, 3.05) is 0 Å². The molecule has 0 spiro atoms. The molecule has 1 aromatic rings. The molecule has 0 radical (unpaired) electrons. The van der Waals surface area contributed by atoms with Crippen LogP contribution in [0, 0.1) is 5.82 Å². The molecule has 0 fully saturated rings. The number of rotatable bonds is 0. The molecule has 0 saturated heterocycles. The minimum atomic E-state index is -3.67. The van der Waals surface area contributed by atoms with E-state index in [1.165, 1.54) is 11.8 Å². The average Bonchev–Trinajstić information content (AvgIpc) is 1.94. The maximum atomic E-state index is 12.1. The Hall–Kier alpha value is 0.641. The molecule has 0 aromatic heterocycles. The molecule has 1 rings (SSSR count). The Morgan fingerprint density at radius 3 is 1.58 bits per heavy atom. The van der Waals surface area contributed by atoms with Gasteiger partial charge in [0, 0.05) is 0 Å². The maximum absolute atomic E-state index is 12.1. The van der Waals surface area contributed by atoms with Crippen molar-refractivity contribution in [3.8, 4) is 0 Å². The number of hydrogen-bond acceptors (Lipinski definition) is 0. The molecule has 0 N–H and O–H groups in total. The first-order valence-electron chi connectivity index (χ1n) is 3.17. The first-order chi connectivity index (χ1) is 5.52. The fourth-order valence-electron chi connectivity index (χ4n) is 0.533. The van der Waals surface area contributed by atoms with Crippen LogP contribution >= 0.6 is 0 Å². The van der Waals surface area contributed by atoms with E-state index in [1.54, 1.807) is 0 Å². The molecule has 0 heterocycles. The Morgan fingerprint density at radius 2 is 1.33 bits per heavy atom. The normalized spacial score (nSPS) is 8.50. The van der Waals surface area contributed by atoms with Crippen LogP contribution in [0.4, 0.5) is 17.3 Å². The van der Waals surface area contributed by atoms with E-state index in [0.717, 1.165) is 0 Å². The van der Waals surface area contributed by atoms with Gasteiger partial charge < -0.3 is 0 Å². The molecule has 0 unspecified atom stereocenters. The molecule has 0 amide bonds. The zero-order valence-corrected chi connectivity index (χ0v) is 9.52. The standard InChI is InChI=1S/C6H4F.BF3.K/c7-6-4-2-1-3-5-6;2-1(3)4;/h2-5H;;. The van der Waals surface area contributed by atoms with Gasteiger partial charge in [-0.2, -0.15) is 0 Å². The summed E-state index contributed by atoms with van der Waals surface area (Å²) in [6.45, 7) is 0. The molecule has 60 valence electrons. The second-order valence-electron chi connectivity index (χ2n) is 2.04. The first-order valence-corrected chi connectivity index (χ1v) is 4.73. The van der Waals surface area contributed by atoms with Crippen LogP contribution in [0.25, 0.3) is 0 Å². The van der Waals surface area contributed by atoms with E-state index < -0.39 is 7.54 Å². The van der Waals surface area contributed by atoms with E-state index >= 15 is 0 Å². The monoisotopic (exact) mass is 202 g/mol. The van der Waals surface area contributed by atoms with Crippen molar-refractivity contribution in [1.82, 2.24) is 0 Å². The Labute approximate surface area is 102 Å². The van der Waals surface area contributed by atoms with Crippen LogP contribution in [0.2, 0.25) is 0 Å². The molecule has 0 aliphatic rings. The van der Waals surface area contributed by atoms with Crippen molar-refractivity contribution in [1.29, 1.82) is 0 Å². The molecule has 0 saturated carbocycles. The predicted molar refractivity (Wildman–Crippen MR) is 40.9 cm³/mol. The average molecular weight is 202 g/mol. The van der Waals surface area contributed by atoms with Crippen molar-refractivity contribution in [2.24, 2.45) is 0 Å². The van der Waals surface area contributed by atoms with Crippen molar-refractivity contribution in [3.63, 3.8) is 0 Å². The molecule has 0 atom stereocenters. The number of benzene rings is 1. The molecular weight excluding hydrogens is 198 g/mol. The zero-order valence-electron chi connectivity index (χ0n) is 6.40. The van der Waals surface area contributed by atoms with E-state index in [-0.39, 0.29) is 5.82 Å². The van der Waals surface area contributed by atoms with Crippen molar-refractivity contribution in [2.45, 2.75) is 0 Å². The molecule has 0 bridgehead atoms. The summed E-state index contributed by atoms with van der Waals surface area (Å²) in [5, 5.41) is 0. The Morgan fingerprint density at radius 1 is 1.00 bits per heavy atom. The van der Waals surface area contributed by atoms with E-state index in [4.69, 9.17) is 0 Å². The molecule has 0 aliphatic carbocycles. The van der Waals surface area contributed by atoms with E-state index in [2.05, 4.69) is 0 Å². The van der Waals surface area contributed by atoms with Gasteiger partial charge in [0.2, 0.25) is 0 Å². The van der Waals surface area contributed by atoms with Crippen molar-refractivity contribution >= 4 is 56.2 Å². The summed E-state index contributed by atoms with van der Waals surface area (Å²) in [6.07, 6.45) is 0. The summed E-state index contributed by atoms with van der Waals surface area (Å²) >= 11 is 0.681. The summed E-state index contributed by atoms with van der Waals surface area (Å²) in [7, 11) is -3.67. The summed E-state index contributed by atoms with van der Waals surface area (Å²) in [4.78, 5) is 0. The second kappa shape index (κ2) is 7.08. The third-order valence-electron chi connectivity index (χ3n) is 1.01. The molecular formula is C6H4BF4K. The van der Waals surface area contributed by atoms with E-state index in [1.807, 2.05) is 12.1 Å². The van der Waals surface area contributed by atoms with Crippen molar-refractivity contribution in [3.05, 3.63) is 30.1 Å². The van der Waals surface area contributed by atoms with E-state index in [0.29, 0.717) is 49.0 Å². The summed E-state index contributed by atoms with van der Waals surface area (Å²) in [6, 6.07) is 6.66. The predicted octanol–water partition coefficient (Wildman–Crippen LogP) is 1.50. The summed E-state index contributed by atoms with van der Waals surface area (Å²) in [5.74, 6) is -0.141. The molecule has 6 heteroatoms. The van der Waals surface area contributed by atoms with Gasteiger partial charge in [0.1, 0.15) is 0 Å². The van der Waals surface area contributed by atoms with Gasteiger partial charge >= 0.3 is 90.6 Å². The fourth-order valence-corrected chi connectivity index (χ4v) is 1.05. The van der Waals surface area contributed by atoms with Crippen LogP contribution in [0.15, 0.2) is 24.3 Å². The summed E-state index contributed by atoms with van der Waals surface area (Å²) < 4.78 is 42.4. The Balaban J connectivity index is 0.000000261. The van der Waals surface area contributed by atoms with Gasteiger partial charge in [-0.15, -0.1) is 0 Å². The number of hydrogen-bond donors (Lipinski definition) is 0. The Bertz CT molecular complexity index is 190. The van der Waals surface area contributed by atoms with Crippen LogP contribution in [0.3, 0.4) is 0 Å². The first kappa shape index (κ1) is 12.6. The van der Waals surface area contributed by atoms with Crippen molar-refractivity contribution < 1.29 is 17.3 Å². The molecule has 12 heavy (non-hydrogen) atoms. The van der Waals surface area contributed by atoms with Gasteiger partial charge in [-0.1, -0.05) is 0 Å². The third kappa shape index (κ3) is 8.74. The Kier molecular flexibility index (Phi) is 7.46. The van der Waals surface area contributed by atoms with Gasteiger partial charge in [-0.25, -0.2) is 0 Å². The van der Waals surface area contributed by atoms with Gasteiger partial charge in [0.15, 0.2) is 0 Å². The van der Waals surface area contributed by atoms with Crippen LogP contribution in [-0.2, 0) is 0 Å². The van der Waals surface area contributed by atoms with Gasteiger partial charge in [-0.05, 0) is 0 Å². The van der Waals surface area contributed by atoms with Crippen LogP contribution < -0.4 is -0.342 Å². The van der Waals surface area contributed by atoms with Crippen LogP contribution in [0.1, 0.15) is 0 Å². The van der Waals surface area contributed by atoms with Crippen LogP contribution in [0.5, 0.6) is 0 Å². The third-order valence-corrected chi connectivity index (χ3v) is 2.05. The topological polar surface area (TPSA) is 0 Å². The van der Waals surface area contributed by atoms with E-state index in [9.17, 15) is 17.3 Å². The second-order valence-corrected chi connectivity index (χ2v) is 3.85. The zero-order chi connectivity index (χ0) is 9.56. The van der Waals surface area contributed by atoms with Gasteiger partial charge in [-0.3, -0.25) is 12.9 Å². The van der Waals surface area contributed by atoms with Gasteiger partial charge in [0.05, 0.1) is 0 Å². The summed E-state index contributed by atoms with van der Waals surface area (Å²) in [5.41, 5.74) is 0. The SMILES string of the molecule is FB(F)F.Fc1cc[c]([K])cc1.